The minimum absolute atomic E-state index is 0.303. The molecule has 0 bridgehead atoms. The van der Waals surface area contributed by atoms with Crippen LogP contribution < -0.4 is 10.2 Å². The number of anilines is 3. The lowest BCUT2D eigenvalue weighted by Gasteiger charge is -2.36. The minimum Gasteiger partial charge on any atom is -0.360 e. The van der Waals surface area contributed by atoms with Gasteiger partial charge in [-0.1, -0.05) is 123 Å². The van der Waals surface area contributed by atoms with E-state index in [0.29, 0.717) is 12.0 Å². The van der Waals surface area contributed by atoms with E-state index in [0.717, 1.165) is 23.5 Å². The quantitative estimate of drug-likeness (QED) is 0.283. The second-order valence-corrected chi connectivity index (χ2v) is 10.5. The molecule has 2 nitrogen and oxygen atoms in total. The smallest absolute Gasteiger partial charge is 0.0539 e. The standard InChI is InChI=1S/C38H34N2/c1-28-11-5-4-10-26-40(37-15-9-8-12-29(37)2)38-25-20-33(27-36(28)38)32-18-23-35(24-19-32)39-34-21-16-31(17-22-34)30-13-6-3-7-14-30/h3-25,27,29,37,39H,1,26H2,2H3/b10-4-,11-5-. The van der Waals surface area contributed by atoms with Crippen molar-refractivity contribution in [2.24, 2.45) is 5.92 Å². The van der Waals surface area contributed by atoms with Crippen LogP contribution in [0.3, 0.4) is 0 Å². The molecular formula is C38H34N2. The fourth-order valence-corrected chi connectivity index (χ4v) is 5.50. The summed E-state index contributed by atoms with van der Waals surface area (Å²) < 4.78 is 0. The zero-order valence-electron chi connectivity index (χ0n) is 22.9. The largest absolute Gasteiger partial charge is 0.360 e. The Hall–Kier alpha value is -4.82. The van der Waals surface area contributed by atoms with E-state index < -0.39 is 0 Å². The minimum atomic E-state index is 0.303. The number of benzene rings is 4. The van der Waals surface area contributed by atoms with E-state index in [1.807, 2.05) is 6.07 Å². The number of hydrogen-bond acceptors (Lipinski definition) is 2. The zero-order chi connectivity index (χ0) is 27.3. The molecule has 0 saturated heterocycles. The number of fused-ring (bicyclic) bond motifs is 1. The summed E-state index contributed by atoms with van der Waals surface area (Å²) in [5.41, 5.74) is 10.4. The maximum absolute atomic E-state index is 4.43. The van der Waals surface area contributed by atoms with E-state index in [9.17, 15) is 0 Å². The first-order chi connectivity index (χ1) is 19.7. The van der Waals surface area contributed by atoms with Crippen LogP contribution in [-0.2, 0) is 0 Å². The molecule has 0 saturated carbocycles. The summed E-state index contributed by atoms with van der Waals surface area (Å²) in [6, 6.07) is 34.8. The highest BCUT2D eigenvalue weighted by Gasteiger charge is 2.24. The van der Waals surface area contributed by atoms with E-state index in [1.54, 1.807) is 0 Å². The third-order valence-electron chi connectivity index (χ3n) is 7.73. The van der Waals surface area contributed by atoms with Crippen molar-refractivity contribution in [1.29, 1.82) is 0 Å². The third kappa shape index (κ3) is 5.48. The van der Waals surface area contributed by atoms with Crippen molar-refractivity contribution in [1.82, 2.24) is 0 Å². The highest BCUT2D eigenvalue weighted by atomic mass is 15.2. The highest BCUT2D eigenvalue weighted by Crippen LogP contribution is 2.36. The van der Waals surface area contributed by atoms with Crippen molar-refractivity contribution >= 4 is 22.6 Å². The van der Waals surface area contributed by atoms with E-state index in [4.69, 9.17) is 0 Å². The van der Waals surface area contributed by atoms with Crippen molar-refractivity contribution in [2.75, 3.05) is 16.8 Å². The van der Waals surface area contributed by atoms with Gasteiger partial charge in [-0.15, -0.1) is 0 Å². The van der Waals surface area contributed by atoms with Crippen LogP contribution in [0.4, 0.5) is 17.1 Å². The van der Waals surface area contributed by atoms with Gasteiger partial charge in [-0.3, -0.25) is 0 Å². The number of nitrogens with one attached hydrogen (secondary N) is 1. The van der Waals surface area contributed by atoms with Gasteiger partial charge in [0, 0.05) is 29.2 Å². The lowest BCUT2D eigenvalue weighted by Crippen LogP contribution is -2.39. The second-order valence-electron chi connectivity index (χ2n) is 10.5. The summed E-state index contributed by atoms with van der Waals surface area (Å²) in [6.07, 6.45) is 17.5. The number of nitrogens with zero attached hydrogens (tertiary/aromatic N) is 1. The molecule has 2 heteroatoms. The summed E-state index contributed by atoms with van der Waals surface area (Å²) in [5.74, 6) is 0.433. The third-order valence-corrected chi connectivity index (χ3v) is 7.73. The van der Waals surface area contributed by atoms with Crippen LogP contribution >= 0.6 is 0 Å². The van der Waals surface area contributed by atoms with E-state index in [2.05, 4.69) is 163 Å². The van der Waals surface area contributed by atoms with Gasteiger partial charge in [-0.2, -0.15) is 0 Å². The van der Waals surface area contributed by atoms with Gasteiger partial charge in [0.1, 0.15) is 0 Å². The lowest BCUT2D eigenvalue weighted by molar-refractivity contribution is 0.579. The fraction of sp³-hybridized carbons (Fsp3) is 0.105. The molecule has 1 aliphatic heterocycles. The summed E-state index contributed by atoms with van der Waals surface area (Å²) in [4.78, 5) is 2.49. The van der Waals surface area contributed by atoms with Gasteiger partial charge in [0.2, 0.25) is 0 Å². The van der Waals surface area contributed by atoms with Gasteiger partial charge in [-0.25, -0.2) is 0 Å². The number of allylic oxidation sites excluding steroid dienone is 6. The topological polar surface area (TPSA) is 15.3 Å². The van der Waals surface area contributed by atoms with Gasteiger partial charge >= 0.3 is 0 Å². The van der Waals surface area contributed by atoms with Crippen molar-refractivity contribution in [2.45, 2.75) is 13.0 Å². The fourth-order valence-electron chi connectivity index (χ4n) is 5.50. The molecule has 0 radical (unpaired) electrons. The normalized spacial score (nSPS) is 19.7. The van der Waals surface area contributed by atoms with E-state index in [-0.39, 0.29) is 0 Å². The van der Waals surface area contributed by atoms with Crippen molar-refractivity contribution in [3.63, 3.8) is 0 Å². The highest BCUT2D eigenvalue weighted by molar-refractivity contribution is 5.86. The summed E-state index contributed by atoms with van der Waals surface area (Å²) in [6.45, 7) is 7.57. The first-order valence-electron chi connectivity index (χ1n) is 14.0. The van der Waals surface area contributed by atoms with Crippen molar-refractivity contribution < 1.29 is 0 Å². The van der Waals surface area contributed by atoms with Crippen molar-refractivity contribution in [3.05, 3.63) is 158 Å². The molecule has 0 fully saturated rings. The molecule has 2 atom stereocenters. The Morgan fingerprint density at radius 1 is 0.675 bits per heavy atom. The van der Waals surface area contributed by atoms with Gasteiger partial charge < -0.3 is 10.2 Å². The first-order valence-corrected chi connectivity index (χ1v) is 14.0. The summed E-state index contributed by atoms with van der Waals surface area (Å²) in [5, 5.41) is 3.54. The molecule has 0 spiro atoms. The molecule has 0 amide bonds. The monoisotopic (exact) mass is 518 g/mol. The molecule has 6 rings (SSSR count). The van der Waals surface area contributed by atoms with Crippen LogP contribution in [0, 0.1) is 5.92 Å². The predicted molar refractivity (Wildman–Crippen MR) is 173 cm³/mol. The Morgan fingerprint density at radius 3 is 2.00 bits per heavy atom. The molecule has 1 aliphatic carbocycles. The maximum atomic E-state index is 4.43. The van der Waals surface area contributed by atoms with Gasteiger partial charge in [0.05, 0.1) is 6.04 Å². The molecule has 2 aliphatic rings. The van der Waals surface area contributed by atoms with E-state index >= 15 is 0 Å². The molecule has 2 unspecified atom stereocenters. The maximum Gasteiger partial charge on any atom is 0.0539 e. The van der Waals surface area contributed by atoms with Crippen LogP contribution in [0.15, 0.2) is 152 Å². The Bertz CT molecular complexity index is 1600. The van der Waals surface area contributed by atoms with Crippen molar-refractivity contribution in [3.8, 4) is 22.3 Å². The summed E-state index contributed by atoms with van der Waals surface area (Å²) in [7, 11) is 0. The Morgan fingerprint density at radius 2 is 1.30 bits per heavy atom. The van der Waals surface area contributed by atoms with Gasteiger partial charge in [0.15, 0.2) is 0 Å². The molecule has 1 N–H and O–H groups in total. The average molecular weight is 519 g/mol. The van der Waals surface area contributed by atoms with Gasteiger partial charge in [0.25, 0.3) is 0 Å². The summed E-state index contributed by atoms with van der Waals surface area (Å²) >= 11 is 0. The average Bonchev–Trinajstić information content (AvgIpc) is 3.08. The molecule has 196 valence electrons. The molecular weight excluding hydrogens is 484 g/mol. The lowest BCUT2D eigenvalue weighted by atomic mass is 9.92. The molecule has 40 heavy (non-hydrogen) atoms. The molecule has 1 heterocycles. The zero-order valence-corrected chi connectivity index (χ0v) is 22.9. The van der Waals surface area contributed by atoms with Crippen LogP contribution in [0.5, 0.6) is 0 Å². The van der Waals surface area contributed by atoms with Gasteiger partial charge in [-0.05, 0) is 70.1 Å². The predicted octanol–water partition coefficient (Wildman–Crippen LogP) is 9.84. The Kier molecular flexibility index (Phi) is 7.32. The SMILES string of the molecule is C=C1/C=C\C=C/CN(C2C=CC=CC2C)c2ccc(-c3ccc(Nc4ccc(-c5ccccc5)cc4)cc3)cc21. The Balaban J connectivity index is 1.24. The van der Waals surface area contributed by atoms with E-state index in [1.165, 1.54) is 33.5 Å². The van der Waals surface area contributed by atoms with Crippen LogP contribution in [0.25, 0.3) is 27.8 Å². The number of rotatable bonds is 5. The molecule has 0 aromatic heterocycles. The Labute approximate surface area is 238 Å². The second kappa shape index (κ2) is 11.5. The van der Waals surface area contributed by atoms with Crippen LogP contribution in [0.2, 0.25) is 0 Å². The number of hydrogen-bond donors (Lipinski definition) is 1. The first kappa shape index (κ1) is 25.5. The molecule has 4 aromatic rings. The van der Waals surface area contributed by atoms with Crippen LogP contribution in [0.1, 0.15) is 12.5 Å². The molecule has 4 aromatic carbocycles. The van der Waals surface area contributed by atoms with Crippen LogP contribution in [-0.4, -0.2) is 12.6 Å².